The van der Waals surface area contributed by atoms with Gasteiger partial charge in [-0.15, -0.1) is 0 Å². The third kappa shape index (κ3) is 4.85. The highest BCUT2D eigenvalue weighted by Gasteiger charge is 2.27. The van der Waals surface area contributed by atoms with E-state index in [1.165, 1.54) is 51.4 Å². The lowest BCUT2D eigenvalue weighted by Crippen LogP contribution is -2.39. The molecule has 3 heteroatoms. The van der Waals surface area contributed by atoms with Crippen molar-refractivity contribution < 1.29 is 9.90 Å². The average Bonchev–Trinajstić information content (AvgIpc) is 2.49. The van der Waals surface area contributed by atoms with Gasteiger partial charge in [0.05, 0.1) is 6.10 Å². The number of hydrogen-bond donors (Lipinski definition) is 2. The predicted octanol–water partition coefficient (Wildman–Crippen LogP) is 3.18. The van der Waals surface area contributed by atoms with E-state index in [2.05, 4.69) is 0 Å². The van der Waals surface area contributed by atoms with E-state index in [1.54, 1.807) is 0 Å². The molecule has 0 bridgehead atoms. The summed E-state index contributed by atoms with van der Waals surface area (Å²) in [5.74, 6) is 1.11. The molecular formula is C17H31NO2. The minimum absolute atomic E-state index is 0.195. The molecule has 20 heavy (non-hydrogen) atoms. The smallest absolute Gasteiger partial charge is 0.138 e. The van der Waals surface area contributed by atoms with Gasteiger partial charge < -0.3 is 10.8 Å². The molecule has 2 aliphatic rings. The summed E-state index contributed by atoms with van der Waals surface area (Å²) in [6.45, 7) is 0. The van der Waals surface area contributed by atoms with Crippen molar-refractivity contribution in [3.8, 4) is 0 Å². The maximum atomic E-state index is 12.2. The molecule has 0 unspecified atom stereocenters. The Morgan fingerprint density at radius 2 is 1.55 bits per heavy atom. The van der Waals surface area contributed by atoms with Crippen LogP contribution in [0.1, 0.15) is 77.0 Å². The molecule has 2 saturated carbocycles. The number of carbonyl (C=O) groups excluding carboxylic acids is 1. The third-order valence-electron chi connectivity index (χ3n) is 5.30. The summed E-state index contributed by atoms with van der Waals surface area (Å²) in [6.07, 6.45) is 12.6. The lowest BCUT2D eigenvalue weighted by molar-refractivity contribution is -0.126. The topological polar surface area (TPSA) is 63.3 Å². The van der Waals surface area contributed by atoms with Crippen molar-refractivity contribution in [2.45, 2.75) is 89.2 Å². The van der Waals surface area contributed by atoms with E-state index in [0.29, 0.717) is 5.92 Å². The van der Waals surface area contributed by atoms with E-state index in [-0.39, 0.29) is 24.2 Å². The zero-order chi connectivity index (χ0) is 14.4. The number of aliphatic hydroxyl groups is 1. The Labute approximate surface area is 123 Å². The van der Waals surface area contributed by atoms with Gasteiger partial charge in [0.1, 0.15) is 5.78 Å². The molecule has 2 rings (SSSR count). The molecule has 0 saturated heterocycles. The van der Waals surface area contributed by atoms with Gasteiger partial charge in [-0.25, -0.2) is 0 Å². The Morgan fingerprint density at radius 3 is 2.15 bits per heavy atom. The Morgan fingerprint density at radius 1 is 1.00 bits per heavy atom. The van der Waals surface area contributed by atoms with Crippen LogP contribution in [0.3, 0.4) is 0 Å². The molecule has 2 fully saturated rings. The highest BCUT2D eigenvalue weighted by molar-refractivity contribution is 5.81. The third-order valence-corrected chi connectivity index (χ3v) is 5.30. The second-order valence-corrected chi connectivity index (χ2v) is 6.98. The van der Waals surface area contributed by atoms with Crippen LogP contribution in [0.2, 0.25) is 0 Å². The van der Waals surface area contributed by atoms with Crippen LogP contribution in [0.5, 0.6) is 0 Å². The number of hydrogen-bond acceptors (Lipinski definition) is 3. The zero-order valence-electron chi connectivity index (χ0n) is 12.7. The fraction of sp³-hybridized carbons (Fsp3) is 0.941. The van der Waals surface area contributed by atoms with Crippen molar-refractivity contribution in [1.82, 2.24) is 0 Å². The molecule has 0 amide bonds. The Kier molecular flexibility index (Phi) is 6.50. The highest BCUT2D eigenvalue weighted by Crippen LogP contribution is 2.29. The monoisotopic (exact) mass is 281 g/mol. The first-order chi connectivity index (χ1) is 9.66. The molecule has 3 nitrogen and oxygen atoms in total. The van der Waals surface area contributed by atoms with Crippen LogP contribution in [0, 0.1) is 11.8 Å². The lowest BCUT2D eigenvalue weighted by atomic mass is 9.81. The minimum atomic E-state index is -0.633. The first-order valence-corrected chi connectivity index (χ1v) is 8.63. The van der Waals surface area contributed by atoms with Crippen LogP contribution in [0.25, 0.3) is 0 Å². The van der Waals surface area contributed by atoms with Gasteiger partial charge in [0.25, 0.3) is 0 Å². The van der Waals surface area contributed by atoms with Gasteiger partial charge in [-0.3, -0.25) is 4.79 Å². The van der Waals surface area contributed by atoms with Crippen LogP contribution in [0.15, 0.2) is 0 Å². The Hall–Kier alpha value is -0.410. The molecule has 0 aliphatic heterocycles. The summed E-state index contributed by atoms with van der Waals surface area (Å²) < 4.78 is 0. The number of ketones is 1. The molecule has 2 atom stereocenters. The lowest BCUT2D eigenvalue weighted by Gasteiger charge is -2.28. The summed E-state index contributed by atoms with van der Waals surface area (Å²) in [7, 11) is 0. The molecular weight excluding hydrogens is 250 g/mol. The second-order valence-electron chi connectivity index (χ2n) is 6.98. The van der Waals surface area contributed by atoms with Crippen molar-refractivity contribution in [2.75, 3.05) is 0 Å². The first kappa shape index (κ1) is 16.0. The molecule has 0 spiro atoms. The molecule has 3 N–H and O–H groups in total. The van der Waals surface area contributed by atoms with E-state index < -0.39 is 6.10 Å². The standard InChI is InChI=1S/C17H31NO2/c18-15(11-13-7-3-1-4-8-13)17(20)12-16(19)14-9-5-2-6-10-14/h13-15,17,20H,1-12,18H2/t15-,17-/m0/s1. The maximum absolute atomic E-state index is 12.2. The molecule has 0 aromatic rings. The number of rotatable bonds is 6. The van der Waals surface area contributed by atoms with Gasteiger partial charge >= 0.3 is 0 Å². The molecule has 0 radical (unpaired) electrons. The van der Waals surface area contributed by atoms with Crippen molar-refractivity contribution in [3.63, 3.8) is 0 Å². The molecule has 0 heterocycles. The normalized spacial score (nSPS) is 25.3. The predicted molar refractivity (Wildman–Crippen MR) is 81.4 cm³/mol. The first-order valence-electron chi connectivity index (χ1n) is 8.63. The van der Waals surface area contributed by atoms with E-state index in [4.69, 9.17) is 5.73 Å². The van der Waals surface area contributed by atoms with Crippen LogP contribution in [-0.2, 0) is 4.79 Å². The summed E-state index contributed by atoms with van der Waals surface area (Å²) in [5.41, 5.74) is 6.12. The molecule has 116 valence electrons. The maximum Gasteiger partial charge on any atom is 0.138 e. The SMILES string of the molecule is N[C@@H](CC1CCCCC1)[C@@H](O)CC(=O)C1CCCCC1. The molecule has 0 aromatic heterocycles. The van der Waals surface area contributed by atoms with Gasteiger partial charge in [0, 0.05) is 18.4 Å². The van der Waals surface area contributed by atoms with E-state index >= 15 is 0 Å². The van der Waals surface area contributed by atoms with Gasteiger partial charge in [-0.2, -0.15) is 0 Å². The van der Waals surface area contributed by atoms with Gasteiger partial charge in [-0.1, -0.05) is 51.4 Å². The summed E-state index contributed by atoms with van der Waals surface area (Å²) >= 11 is 0. The van der Waals surface area contributed by atoms with Crippen molar-refractivity contribution in [3.05, 3.63) is 0 Å². The number of aliphatic hydroxyl groups excluding tert-OH is 1. The fourth-order valence-electron chi connectivity index (χ4n) is 3.91. The average molecular weight is 281 g/mol. The fourth-order valence-corrected chi connectivity index (χ4v) is 3.91. The van der Waals surface area contributed by atoms with E-state index in [0.717, 1.165) is 19.3 Å². The Bertz CT molecular complexity index is 293. The van der Waals surface area contributed by atoms with Crippen molar-refractivity contribution >= 4 is 5.78 Å². The van der Waals surface area contributed by atoms with Gasteiger partial charge in [0.2, 0.25) is 0 Å². The number of nitrogens with two attached hydrogens (primary N) is 1. The zero-order valence-corrected chi connectivity index (χ0v) is 12.7. The summed E-state index contributed by atoms with van der Waals surface area (Å²) in [5, 5.41) is 10.2. The van der Waals surface area contributed by atoms with Gasteiger partial charge in [-0.05, 0) is 25.2 Å². The van der Waals surface area contributed by atoms with Crippen LogP contribution in [-0.4, -0.2) is 23.0 Å². The largest absolute Gasteiger partial charge is 0.391 e. The van der Waals surface area contributed by atoms with E-state index in [1.807, 2.05) is 0 Å². The molecule has 0 aromatic carbocycles. The van der Waals surface area contributed by atoms with Gasteiger partial charge in [0.15, 0.2) is 0 Å². The van der Waals surface area contributed by atoms with Crippen molar-refractivity contribution in [2.24, 2.45) is 17.6 Å². The van der Waals surface area contributed by atoms with Crippen LogP contribution in [0.4, 0.5) is 0 Å². The number of carbonyl (C=O) groups is 1. The summed E-state index contributed by atoms with van der Waals surface area (Å²) in [6, 6.07) is -0.217. The van der Waals surface area contributed by atoms with Crippen molar-refractivity contribution in [1.29, 1.82) is 0 Å². The second kappa shape index (κ2) is 8.14. The van der Waals surface area contributed by atoms with Crippen LogP contribution < -0.4 is 5.73 Å². The highest BCUT2D eigenvalue weighted by atomic mass is 16.3. The molecule has 2 aliphatic carbocycles. The minimum Gasteiger partial charge on any atom is -0.391 e. The van der Waals surface area contributed by atoms with Crippen LogP contribution >= 0.6 is 0 Å². The van der Waals surface area contributed by atoms with E-state index in [9.17, 15) is 9.90 Å². The quantitative estimate of drug-likeness (QED) is 0.786. The summed E-state index contributed by atoms with van der Waals surface area (Å²) in [4.78, 5) is 12.2. The Balaban J connectivity index is 1.71. The number of Topliss-reactive ketones (excluding diaryl/α,β-unsaturated/α-hetero) is 1.